The molecule has 0 saturated heterocycles. The van der Waals surface area contributed by atoms with Gasteiger partial charge >= 0.3 is 0 Å². The standard InChI is InChI=1S/C12H24N8O/c1-5-19(4)9(21)8-14-10-15-11(18-13)17-12(16-10)20(6-2)7-3/h5-8,13H2,1-4H3,(H2,14,15,16,17,18). The van der Waals surface area contributed by atoms with Gasteiger partial charge in [0, 0.05) is 26.7 Å². The van der Waals surface area contributed by atoms with Crippen LogP contribution in [0.15, 0.2) is 0 Å². The number of likely N-dealkylation sites (N-methyl/N-ethyl adjacent to an activating group) is 1. The van der Waals surface area contributed by atoms with Gasteiger partial charge in [-0.05, 0) is 20.8 Å². The molecule has 0 aliphatic carbocycles. The number of nitrogens with one attached hydrogen (secondary N) is 2. The minimum absolute atomic E-state index is 0.0374. The smallest absolute Gasteiger partial charge is 0.243 e. The van der Waals surface area contributed by atoms with E-state index in [0.29, 0.717) is 18.4 Å². The number of rotatable bonds is 8. The largest absolute Gasteiger partial charge is 0.345 e. The summed E-state index contributed by atoms with van der Waals surface area (Å²) in [4.78, 5) is 28.0. The molecular formula is C12H24N8O. The van der Waals surface area contributed by atoms with Crippen molar-refractivity contribution in [1.29, 1.82) is 0 Å². The van der Waals surface area contributed by atoms with Gasteiger partial charge in [0.25, 0.3) is 0 Å². The molecule has 21 heavy (non-hydrogen) atoms. The van der Waals surface area contributed by atoms with E-state index in [1.165, 1.54) is 0 Å². The molecule has 1 rings (SSSR count). The van der Waals surface area contributed by atoms with Gasteiger partial charge in [-0.3, -0.25) is 10.2 Å². The van der Waals surface area contributed by atoms with Crippen LogP contribution in [0, 0.1) is 0 Å². The fourth-order valence-electron chi connectivity index (χ4n) is 1.62. The van der Waals surface area contributed by atoms with Crippen LogP contribution in [0.5, 0.6) is 0 Å². The molecule has 9 heteroatoms. The Hall–Kier alpha value is -2.16. The first kappa shape index (κ1) is 16.9. The predicted octanol–water partition coefficient (Wildman–Crippen LogP) is -0.106. The van der Waals surface area contributed by atoms with Gasteiger partial charge < -0.3 is 15.1 Å². The Morgan fingerprint density at radius 2 is 1.71 bits per heavy atom. The Balaban J connectivity index is 2.86. The number of nitrogen functional groups attached to an aromatic ring is 1. The molecule has 0 spiro atoms. The number of nitrogens with two attached hydrogens (primary N) is 1. The van der Waals surface area contributed by atoms with Gasteiger partial charge in [0.15, 0.2) is 0 Å². The van der Waals surface area contributed by atoms with Crippen molar-refractivity contribution in [3.63, 3.8) is 0 Å². The number of amides is 1. The number of hydrogen-bond donors (Lipinski definition) is 3. The van der Waals surface area contributed by atoms with Crippen LogP contribution in [0.4, 0.5) is 17.8 Å². The van der Waals surface area contributed by atoms with Gasteiger partial charge in [-0.1, -0.05) is 0 Å². The first-order chi connectivity index (χ1) is 10.0. The van der Waals surface area contributed by atoms with Crippen LogP contribution in [0.1, 0.15) is 20.8 Å². The highest BCUT2D eigenvalue weighted by atomic mass is 16.2. The van der Waals surface area contributed by atoms with E-state index in [9.17, 15) is 4.79 Å². The molecule has 0 radical (unpaired) electrons. The number of anilines is 3. The zero-order chi connectivity index (χ0) is 15.8. The first-order valence-corrected chi connectivity index (χ1v) is 7.01. The predicted molar refractivity (Wildman–Crippen MR) is 83.0 cm³/mol. The number of aromatic nitrogens is 3. The second-order valence-electron chi connectivity index (χ2n) is 4.36. The van der Waals surface area contributed by atoms with Gasteiger partial charge in [-0.15, -0.1) is 0 Å². The van der Waals surface area contributed by atoms with Crippen LogP contribution in [0.25, 0.3) is 0 Å². The highest BCUT2D eigenvalue weighted by Gasteiger charge is 2.12. The molecule has 1 heterocycles. The SMILES string of the molecule is CCN(C)C(=O)CNc1nc(NN)nc(N(CC)CC)n1. The van der Waals surface area contributed by atoms with Crippen molar-refractivity contribution in [3.05, 3.63) is 0 Å². The maximum atomic E-state index is 11.8. The lowest BCUT2D eigenvalue weighted by Crippen LogP contribution is -2.32. The van der Waals surface area contributed by atoms with Crippen LogP contribution < -0.4 is 21.5 Å². The van der Waals surface area contributed by atoms with Gasteiger partial charge in [0.05, 0.1) is 6.54 Å². The molecule has 1 amide bonds. The molecule has 1 aromatic heterocycles. The summed E-state index contributed by atoms with van der Waals surface area (Å²) in [5.74, 6) is 6.42. The maximum absolute atomic E-state index is 11.8. The summed E-state index contributed by atoms with van der Waals surface area (Å²) in [6.07, 6.45) is 0. The van der Waals surface area contributed by atoms with Crippen LogP contribution in [0.2, 0.25) is 0 Å². The molecule has 118 valence electrons. The van der Waals surface area contributed by atoms with Crippen molar-refractivity contribution in [2.75, 3.05) is 48.9 Å². The lowest BCUT2D eigenvalue weighted by Gasteiger charge is -2.20. The Morgan fingerprint density at radius 3 is 2.24 bits per heavy atom. The minimum atomic E-state index is -0.0374. The van der Waals surface area contributed by atoms with Gasteiger partial charge in [0.1, 0.15) is 0 Å². The van der Waals surface area contributed by atoms with E-state index >= 15 is 0 Å². The van der Waals surface area contributed by atoms with Crippen LogP contribution >= 0.6 is 0 Å². The quantitative estimate of drug-likeness (QED) is 0.450. The van der Waals surface area contributed by atoms with Gasteiger partial charge in [-0.25, -0.2) is 5.84 Å². The van der Waals surface area contributed by atoms with E-state index in [-0.39, 0.29) is 18.4 Å². The molecule has 0 aromatic carbocycles. The fraction of sp³-hybridized carbons (Fsp3) is 0.667. The van der Waals surface area contributed by atoms with E-state index in [0.717, 1.165) is 13.1 Å². The molecule has 0 aliphatic rings. The Kier molecular flexibility index (Phi) is 6.60. The van der Waals surface area contributed by atoms with Crippen molar-refractivity contribution < 1.29 is 4.79 Å². The van der Waals surface area contributed by atoms with E-state index in [2.05, 4.69) is 25.7 Å². The average Bonchev–Trinajstić information content (AvgIpc) is 2.52. The van der Waals surface area contributed by atoms with E-state index < -0.39 is 0 Å². The molecule has 4 N–H and O–H groups in total. The summed E-state index contributed by atoms with van der Waals surface area (Å²) in [5.41, 5.74) is 2.41. The summed E-state index contributed by atoms with van der Waals surface area (Å²) in [6.45, 7) is 8.23. The summed E-state index contributed by atoms with van der Waals surface area (Å²) in [6, 6.07) is 0. The average molecular weight is 296 g/mol. The second kappa shape index (κ2) is 8.20. The van der Waals surface area contributed by atoms with Crippen molar-refractivity contribution in [2.24, 2.45) is 5.84 Å². The van der Waals surface area contributed by atoms with Crippen LogP contribution in [-0.2, 0) is 4.79 Å². The second-order valence-corrected chi connectivity index (χ2v) is 4.36. The molecule has 1 aromatic rings. The molecule has 0 fully saturated rings. The summed E-state index contributed by atoms with van der Waals surface area (Å²) < 4.78 is 0. The number of hydrazine groups is 1. The van der Waals surface area contributed by atoms with Gasteiger partial charge in [0.2, 0.25) is 23.8 Å². The van der Waals surface area contributed by atoms with Crippen LogP contribution in [0.3, 0.4) is 0 Å². The third-order valence-electron chi connectivity index (χ3n) is 3.10. The fourth-order valence-corrected chi connectivity index (χ4v) is 1.62. The lowest BCUT2D eigenvalue weighted by molar-refractivity contribution is -0.127. The monoisotopic (exact) mass is 296 g/mol. The molecule has 0 unspecified atom stereocenters. The number of carbonyl (C=O) groups is 1. The molecule has 0 atom stereocenters. The number of carbonyl (C=O) groups excluding carboxylic acids is 1. The normalized spacial score (nSPS) is 10.1. The van der Waals surface area contributed by atoms with Crippen molar-refractivity contribution >= 4 is 23.8 Å². The zero-order valence-electron chi connectivity index (χ0n) is 13.1. The first-order valence-electron chi connectivity index (χ1n) is 7.01. The third-order valence-corrected chi connectivity index (χ3v) is 3.10. The van der Waals surface area contributed by atoms with Crippen molar-refractivity contribution in [3.8, 4) is 0 Å². The molecule has 0 aliphatic heterocycles. The molecule has 0 saturated carbocycles. The topological polar surface area (TPSA) is 112 Å². The van der Waals surface area contributed by atoms with Crippen LogP contribution in [-0.4, -0.2) is 59.0 Å². The highest BCUT2D eigenvalue weighted by molar-refractivity contribution is 5.80. The molecule has 0 bridgehead atoms. The lowest BCUT2D eigenvalue weighted by atomic mass is 10.5. The zero-order valence-corrected chi connectivity index (χ0v) is 13.1. The van der Waals surface area contributed by atoms with Gasteiger partial charge in [-0.2, -0.15) is 15.0 Å². The highest BCUT2D eigenvalue weighted by Crippen LogP contribution is 2.12. The van der Waals surface area contributed by atoms with E-state index in [1.807, 2.05) is 25.7 Å². The maximum Gasteiger partial charge on any atom is 0.243 e. The number of hydrogen-bond acceptors (Lipinski definition) is 8. The molecule has 9 nitrogen and oxygen atoms in total. The summed E-state index contributed by atoms with van der Waals surface area (Å²) in [7, 11) is 1.74. The Labute approximate surface area is 124 Å². The Morgan fingerprint density at radius 1 is 1.10 bits per heavy atom. The van der Waals surface area contributed by atoms with Crippen molar-refractivity contribution in [2.45, 2.75) is 20.8 Å². The van der Waals surface area contributed by atoms with E-state index in [1.54, 1.807) is 11.9 Å². The molecular weight excluding hydrogens is 272 g/mol. The summed E-state index contributed by atoms with van der Waals surface area (Å²) in [5, 5.41) is 2.90. The number of nitrogens with zero attached hydrogens (tertiary/aromatic N) is 5. The minimum Gasteiger partial charge on any atom is -0.345 e. The van der Waals surface area contributed by atoms with Crippen molar-refractivity contribution in [1.82, 2.24) is 19.9 Å². The van der Waals surface area contributed by atoms with E-state index in [4.69, 9.17) is 5.84 Å². The Bertz CT molecular complexity index is 463. The third kappa shape index (κ3) is 4.71. The summed E-state index contributed by atoms with van der Waals surface area (Å²) >= 11 is 0.